The number of anilines is 1. The minimum atomic E-state index is 0.205. The number of aryl methyl sites for hydroxylation is 1. The van der Waals surface area contributed by atoms with E-state index in [4.69, 9.17) is 0 Å². The zero-order chi connectivity index (χ0) is 20.5. The lowest BCUT2D eigenvalue weighted by Crippen LogP contribution is -2.50. The molecule has 7 heteroatoms. The number of piperazine rings is 1. The number of fused-ring (bicyclic) bond motifs is 2. The first-order chi connectivity index (χ1) is 14.7. The molecule has 5 rings (SSSR count). The Kier molecular flexibility index (Phi) is 5.39. The van der Waals surface area contributed by atoms with Crippen LogP contribution < -0.4 is 4.90 Å². The maximum absolute atomic E-state index is 13.1. The van der Waals surface area contributed by atoms with E-state index in [0.717, 1.165) is 61.5 Å². The molecular weight excluding hydrogens is 394 g/mol. The summed E-state index contributed by atoms with van der Waals surface area (Å²) >= 11 is 1.65. The SMILES string of the molecule is CN(C(=O)CN1CCN(c2ncnc3sccc23)CC1)C1CCCc2ccccc21. The molecule has 0 N–H and O–H groups in total. The van der Waals surface area contributed by atoms with Crippen LogP contribution in [0.25, 0.3) is 10.2 Å². The number of amides is 1. The molecule has 3 heterocycles. The van der Waals surface area contributed by atoms with E-state index in [1.54, 1.807) is 17.7 Å². The van der Waals surface area contributed by atoms with Crippen LogP contribution in [0, 0.1) is 0 Å². The van der Waals surface area contributed by atoms with Gasteiger partial charge in [-0.05, 0) is 41.8 Å². The van der Waals surface area contributed by atoms with E-state index in [2.05, 4.69) is 55.5 Å². The van der Waals surface area contributed by atoms with Crippen LogP contribution in [-0.4, -0.2) is 65.4 Å². The van der Waals surface area contributed by atoms with Gasteiger partial charge in [0.2, 0.25) is 5.91 Å². The number of likely N-dealkylation sites (N-methyl/N-ethyl adjacent to an activating group) is 1. The van der Waals surface area contributed by atoms with Crippen LogP contribution in [0.2, 0.25) is 0 Å². The van der Waals surface area contributed by atoms with Crippen molar-refractivity contribution in [3.8, 4) is 0 Å². The Morgan fingerprint density at radius 3 is 2.87 bits per heavy atom. The number of carbonyl (C=O) groups excluding carboxylic acids is 1. The summed E-state index contributed by atoms with van der Waals surface area (Å²) in [6.45, 7) is 3.99. The molecule has 1 amide bonds. The minimum absolute atomic E-state index is 0.205. The first-order valence-electron chi connectivity index (χ1n) is 10.7. The van der Waals surface area contributed by atoms with Crippen LogP contribution in [0.1, 0.15) is 30.0 Å². The fourth-order valence-corrected chi connectivity index (χ4v) is 5.48. The van der Waals surface area contributed by atoms with E-state index in [9.17, 15) is 4.79 Å². The van der Waals surface area contributed by atoms with Gasteiger partial charge in [0, 0.05) is 33.2 Å². The molecule has 0 saturated carbocycles. The number of hydrogen-bond acceptors (Lipinski definition) is 6. The summed E-state index contributed by atoms with van der Waals surface area (Å²) in [7, 11) is 1.97. The van der Waals surface area contributed by atoms with Crippen molar-refractivity contribution in [2.45, 2.75) is 25.3 Å². The summed E-state index contributed by atoms with van der Waals surface area (Å²) in [6, 6.07) is 10.9. The lowest BCUT2D eigenvalue weighted by Gasteiger charge is -2.38. The third-order valence-corrected chi connectivity index (χ3v) is 7.29. The van der Waals surface area contributed by atoms with Gasteiger partial charge in [-0.25, -0.2) is 9.97 Å². The first kappa shape index (κ1) is 19.5. The zero-order valence-corrected chi connectivity index (χ0v) is 18.1. The van der Waals surface area contributed by atoms with Crippen LogP contribution in [-0.2, 0) is 11.2 Å². The number of nitrogens with zero attached hydrogens (tertiary/aromatic N) is 5. The highest BCUT2D eigenvalue weighted by Gasteiger charge is 2.28. The average molecular weight is 422 g/mol. The summed E-state index contributed by atoms with van der Waals surface area (Å²) in [5.74, 6) is 1.23. The largest absolute Gasteiger partial charge is 0.353 e. The molecule has 1 fully saturated rings. The van der Waals surface area contributed by atoms with Crippen LogP contribution >= 0.6 is 11.3 Å². The summed E-state index contributed by atoms with van der Waals surface area (Å²) in [5.41, 5.74) is 2.72. The molecule has 2 aliphatic rings. The third kappa shape index (κ3) is 3.68. The van der Waals surface area contributed by atoms with Crippen molar-refractivity contribution in [3.05, 3.63) is 53.2 Å². The van der Waals surface area contributed by atoms with Crippen LogP contribution in [0.4, 0.5) is 5.82 Å². The molecule has 1 saturated heterocycles. The molecule has 1 unspecified atom stereocenters. The molecule has 3 aromatic rings. The average Bonchev–Trinajstić information content (AvgIpc) is 3.28. The standard InChI is InChI=1S/C23H27N5OS/c1-26(20-8-4-6-17-5-2-3-7-18(17)20)21(29)15-27-10-12-28(13-11-27)22-19-9-14-30-23(19)25-16-24-22/h2-3,5,7,9,14,16,20H,4,6,8,10-13,15H2,1H3. The normalized spacial score (nSPS) is 19.6. The highest BCUT2D eigenvalue weighted by molar-refractivity contribution is 7.16. The third-order valence-electron chi connectivity index (χ3n) is 6.47. The number of hydrogen-bond donors (Lipinski definition) is 0. The van der Waals surface area contributed by atoms with E-state index >= 15 is 0 Å². The van der Waals surface area contributed by atoms with Gasteiger partial charge in [-0.3, -0.25) is 9.69 Å². The second-order valence-corrected chi connectivity index (χ2v) is 9.11. The molecule has 156 valence electrons. The summed E-state index contributed by atoms with van der Waals surface area (Å²) in [6.07, 6.45) is 4.98. The highest BCUT2D eigenvalue weighted by atomic mass is 32.1. The van der Waals surface area contributed by atoms with Gasteiger partial charge in [0.25, 0.3) is 0 Å². The number of aromatic nitrogens is 2. The fourth-order valence-electron chi connectivity index (χ4n) is 4.75. The van der Waals surface area contributed by atoms with E-state index < -0.39 is 0 Å². The maximum Gasteiger partial charge on any atom is 0.237 e. The molecule has 30 heavy (non-hydrogen) atoms. The summed E-state index contributed by atoms with van der Waals surface area (Å²) < 4.78 is 0. The minimum Gasteiger partial charge on any atom is -0.353 e. The summed E-state index contributed by atoms with van der Waals surface area (Å²) in [5, 5.41) is 3.19. The molecular formula is C23H27N5OS. The lowest BCUT2D eigenvalue weighted by molar-refractivity contribution is -0.133. The van der Waals surface area contributed by atoms with E-state index in [1.807, 2.05) is 11.9 Å². The van der Waals surface area contributed by atoms with Gasteiger partial charge in [0.1, 0.15) is 17.0 Å². The predicted molar refractivity (Wildman–Crippen MR) is 121 cm³/mol. The fraction of sp³-hybridized carbons (Fsp3) is 0.435. The number of carbonyl (C=O) groups is 1. The monoisotopic (exact) mass is 421 g/mol. The van der Waals surface area contributed by atoms with Crippen molar-refractivity contribution in [2.24, 2.45) is 0 Å². The van der Waals surface area contributed by atoms with E-state index in [0.29, 0.717) is 6.54 Å². The molecule has 1 aliphatic carbocycles. The number of benzene rings is 1. The molecule has 1 aliphatic heterocycles. The van der Waals surface area contributed by atoms with E-state index in [1.165, 1.54) is 11.1 Å². The first-order valence-corrected chi connectivity index (χ1v) is 11.6. The smallest absolute Gasteiger partial charge is 0.237 e. The molecule has 6 nitrogen and oxygen atoms in total. The highest BCUT2D eigenvalue weighted by Crippen LogP contribution is 2.33. The maximum atomic E-state index is 13.1. The van der Waals surface area contributed by atoms with Gasteiger partial charge in [-0.15, -0.1) is 11.3 Å². The van der Waals surface area contributed by atoms with Crippen LogP contribution in [0.15, 0.2) is 42.0 Å². The molecule has 0 bridgehead atoms. The second-order valence-electron chi connectivity index (χ2n) is 8.21. The Morgan fingerprint density at radius 2 is 2.00 bits per heavy atom. The topological polar surface area (TPSA) is 52.6 Å². The number of rotatable bonds is 4. The van der Waals surface area contributed by atoms with Gasteiger partial charge in [0.05, 0.1) is 18.0 Å². The van der Waals surface area contributed by atoms with Crippen molar-refractivity contribution >= 4 is 33.3 Å². The Morgan fingerprint density at radius 1 is 1.17 bits per heavy atom. The van der Waals surface area contributed by atoms with Gasteiger partial charge in [-0.2, -0.15) is 0 Å². The Bertz CT molecular complexity index is 1040. The quantitative estimate of drug-likeness (QED) is 0.647. The zero-order valence-electron chi connectivity index (χ0n) is 17.3. The van der Waals surface area contributed by atoms with Gasteiger partial charge in [-0.1, -0.05) is 24.3 Å². The predicted octanol–water partition coefficient (Wildman–Crippen LogP) is 3.35. The van der Waals surface area contributed by atoms with Gasteiger partial charge >= 0.3 is 0 Å². The number of thiophene rings is 1. The Labute approximate surface area is 181 Å². The van der Waals surface area contributed by atoms with Gasteiger partial charge in [0.15, 0.2) is 0 Å². The molecule has 2 aromatic heterocycles. The molecule has 0 spiro atoms. The van der Waals surface area contributed by atoms with Crippen molar-refractivity contribution in [1.29, 1.82) is 0 Å². The van der Waals surface area contributed by atoms with Crippen molar-refractivity contribution in [2.75, 3.05) is 44.7 Å². The summed E-state index contributed by atoms with van der Waals surface area (Å²) in [4.78, 5) is 29.5. The molecule has 0 radical (unpaired) electrons. The Hall–Kier alpha value is -2.51. The van der Waals surface area contributed by atoms with Crippen LogP contribution in [0.5, 0.6) is 0 Å². The van der Waals surface area contributed by atoms with Crippen molar-refractivity contribution < 1.29 is 4.79 Å². The van der Waals surface area contributed by atoms with Crippen molar-refractivity contribution in [1.82, 2.24) is 19.8 Å². The lowest BCUT2D eigenvalue weighted by atomic mass is 9.87. The van der Waals surface area contributed by atoms with Crippen LogP contribution in [0.3, 0.4) is 0 Å². The molecule has 1 aromatic carbocycles. The van der Waals surface area contributed by atoms with Gasteiger partial charge < -0.3 is 9.80 Å². The van der Waals surface area contributed by atoms with E-state index in [-0.39, 0.29) is 11.9 Å². The molecule has 1 atom stereocenters. The second kappa shape index (κ2) is 8.32. The Balaban J connectivity index is 1.21. The van der Waals surface area contributed by atoms with Crippen molar-refractivity contribution in [3.63, 3.8) is 0 Å².